The summed E-state index contributed by atoms with van der Waals surface area (Å²) in [7, 11) is 0. The van der Waals surface area contributed by atoms with Crippen LogP contribution in [0.1, 0.15) is 31.4 Å². The summed E-state index contributed by atoms with van der Waals surface area (Å²) < 4.78 is 6.04. The highest BCUT2D eigenvalue weighted by Gasteiger charge is 2.15. The zero-order valence-electron chi connectivity index (χ0n) is 10.5. The van der Waals surface area contributed by atoms with E-state index in [0.717, 1.165) is 29.2 Å². The van der Waals surface area contributed by atoms with Crippen molar-refractivity contribution in [1.82, 2.24) is 0 Å². The number of ether oxygens (including phenoxy) is 1. The Bertz CT molecular complexity index is 481. The van der Waals surface area contributed by atoms with Gasteiger partial charge in [-0.05, 0) is 24.6 Å². The van der Waals surface area contributed by atoms with Crippen LogP contribution in [0.4, 0.5) is 0 Å². The van der Waals surface area contributed by atoms with Gasteiger partial charge in [0.05, 0.1) is 0 Å². The SMILES string of the molecule is CCCC(Oc1ccccc1)c1ccccc1Cl. The Kier molecular flexibility index (Phi) is 4.66. The fourth-order valence-corrected chi connectivity index (χ4v) is 2.20. The third-order valence-electron chi connectivity index (χ3n) is 2.82. The quantitative estimate of drug-likeness (QED) is 0.712. The largest absolute Gasteiger partial charge is 0.486 e. The van der Waals surface area contributed by atoms with Crippen molar-refractivity contribution in [3.8, 4) is 5.75 Å². The van der Waals surface area contributed by atoms with E-state index in [-0.39, 0.29) is 6.10 Å². The van der Waals surface area contributed by atoms with Crippen molar-refractivity contribution in [2.24, 2.45) is 0 Å². The minimum atomic E-state index is 0.0195. The van der Waals surface area contributed by atoms with Crippen LogP contribution in [-0.2, 0) is 0 Å². The zero-order valence-corrected chi connectivity index (χ0v) is 11.2. The van der Waals surface area contributed by atoms with Crippen LogP contribution in [0.2, 0.25) is 5.02 Å². The monoisotopic (exact) mass is 260 g/mol. The van der Waals surface area contributed by atoms with Crippen molar-refractivity contribution in [3.05, 3.63) is 65.2 Å². The molecule has 1 atom stereocenters. The molecule has 2 aromatic rings. The molecule has 0 aliphatic rings. The van der Waals surface area contributed by atoms with Gasteiger partial charge in [0, 0.05) is 10.6 Å². The van der Waals surface area contributed by atoms with E-state index in [1.165, 1.54) is 0 Å². The molecule has 0 saturated heterocycles. The van der Waals surface area contributed by atoms with Gasteiger partial charge >= 0.3 is 0 Å². The Morgan fingerprint density at radius 1 is 1.00 bits per heavy atom. The molecule has 2 aromatic carbocycles. The van der Waals surface area contributed by atoms with E-state index in [1.54, 1.807) is 0 Å². The fourth-order valence-electron chi connectivity index (χ4n) is 1.94. The summed E-state index contributed by atoms with van der Waals surface area (Å²) in [6, 6.07) is 17.8. The zero-order chi connectivity index (χ0) is 12.8. The predicted octanol–water partition coefficient (Wildman–Crippen LogP) is 5.26. The molecule has 2 heteroatoms. The Morgan fingerprint density at radius 2 is 1.67 bits per heavy atom. The van der Waals surface area contributed by atoms with E-state index in [9.17, 15) is 0 Å². The van der Waals surface area contributed by atoms with Crippen LogP contribution in [0, 0.1) is 0 Å². The molecular weight excluding hydrogens is 244 g/mol. The fraction of sp³-hybridized carbons (Fsp3) is 0.250. The second-order valence-electron chi connectivity index (χ2n) is 4.23. The summed E-state index contributed by atoms with van der Waals surface area (Å²) in [6.45, 7) is 2.15. The minimum absolute atomic E-state index is 0.0195. The lowest BCUT2D eigenvalue weighted by Crippen LogP contribution is -2.08. The lowest BCUT2D eigenvalue weighted by Gasteiger charge is -2.20. The maximum Gasteiger partial charge on any atom is 0.125 e. The Hall–Kier alpha value is -1.47. The molecule has 94 valence electrons. The van der Waals surface area contributed by atoms with Gasteiger partial charge in [-0.1, -0.05) is 61.3 Å². The summed E-state index contributed by atoms with van der Waals surface area (Å²) in [5.74, 6) is 0.885. The van der Waals surface area contributed by atoms with Crippen LogP contribution in [-0.4, -0.2) is 0 Å². The molecule has 0 aliphatic carbocycles. The smallest absolute Gasteiger partial charge is 0.125 e. The summed E-state index contributed by atoms with van der Waals surface area (Å²) in [6.07, 6.45) is 2.03. The van der Waals surface area contributed by atoms with E-state index >= 15 is 0 Å². The first-order chi connectivity index (χ1) is 8.81. The van der Waals surface area contributed by atoms with Gasteiger partial charge in [-0.3, -0.25) is 0 Å². The number of hydrogen-bond donors (Lipinski definition) is 0. The van der Waals surface area contributed by atoms with E-state index in [1.807, 2.05) is 54.6 Å². The number of benzene rings is 2. The highest BCUT2D eigenvalue weighted by molar-refractivity contribution is 6.31. The highest BCUT2D eigenvalue weighted by Crippen LogP contribution is 2.30. The second kappa shape index (κ2) is 6.46. The summed E-state index contributed by atoms with van der Waals surface area (Å²) in [5, 5.41) is 0.770. The topological polar surface area (TPSA) is 9.23 Å². The Morgan fingerprint density at radius 3 is 2.33 bits per heavy atom. The first kappa shape index (κ1) is 13.0. The predicted molar refractivity (Wildman–Crippen MR) is 76.2 cm³/mol. The lowest BCUT2D eigenvalue weighted by atomic mass is 10.1. The van der Waals surface area contributed by atoms with Crippen molar-refractivity contribution in [2.45, 2.75) is 25.9 Å². The molecule has 1 unspecified atom stereocenters. The molecule has 0 amide bonds. The van der Waals surface area contributed by atoms with Gasteiger partial charge in [-0.25, -0.2) is 0 Å². The average Bonchev–Trinajstić information content (AvgIpc) is 2.40. The van der Waals surface area contributed by atoms with Crippen LogP contribution in [0.25, 0.3) is 0 Å². The third kappa shape index (κ3) is 3.27. The molecule has 0 N–H and O–H groups in total. The summed E-state index contributed by atoms with van der Waals surface area (Å²) in [4.78, 5) is 0. The second-order valence-corrected chi connectivity index (χ2v) is 4.64. The molecule has 0 spiro atoms. The minimum Gasteiger partial charge on any atom is -0.486 e. The van der Waals surface area contributed by atoms with Crippen LogP contribution < -0.4 is 4.74 Å². The van der Waals surface area contributed by atoms with Crippen molar-refractivity contribution in [1.29, 1.82) is 0 Å². The Labute approximate surface area is 113 Å². The van der Waals surface area contributed by atoms with E-state index in [2.05, 4.69) is 6.92 Å². The third-order valence-corrected chi connectivity index (χ3v) is 3.17. The Balaban J connectivity index is 2.21. The van der Waals surface area contributed by atoms with Crippen LogP contribution in [0.15, 0.2) is 54.6 Å². The number of halogens is 1. The van der Waals surface area contributed by atoms with Gasteiger partial charge in [-0.2, -0.15) is 0 Å². The maximum atomic E-state index is 6.24. The molecule has 0 radical (unpaired) electrons. The molecule has 2 rings (SSSR count). The van der Waals surface area contributed by atoms with Gasteiger partial charge < -0.3 is 4.74 Å². The van der Waals surface area contributed by atoms with Crippen LogP contribution >= 0.6 is 11.6 Å². The van der Waals surface area contributed by atoms with Crippen molar-refractivity contribution >= 4 is 11.6 Å². The molecule has 0 bridgehead atoms. The molecule has 0 aromatic heterocycles. The molecule has 0 aliphatic heterocycles. The van der Waals surface area contributed by atoms with Gasteiger partial charge in [0.1, 0.15) is 11.9 Å². The summed E-state index contributed by atoms with van der Waals surface area (Å²) >= 11 is 6.24. The first-order valence-corrected chi connectivity index (χ1v) is 6.65. The lowest BCUT2D eigenvalue weighted by molar-refractivity contribution is 0.194. The van der Waals surface area contributed by atoms with Crippen molar-refractivity contribution < 1.29 is 4.74 Å². The molecule has 1 nitrogen and oxygen atoms in total. The first-order valence-electron chi connectivity index (χ1n) is 6.27. The molecular formula is C16H17ClO. The van der Waals surface area contributed by atoms with Gasteiger partial charge in [0.15, 0.2) is 0 Å². The maximum absolute atomic E-state index is 6.24. The van der Waals surface area contributed by atoms with Crippen molar-refractivity contribution in [3.63, 3.8) is 0 Å². The van der Waals surface area contributed by atoms with Gasteiger partial charge in [0.2, 0.25) is 0 Å². The van der Waals surface area contributed by atoms with E-state index < -0.39 is 0 Å². The van der Waals surface area contributed by atoms with Crippen LogP contribution in [0.3, 0.4) is 0 Å². The summed E-state index contributed by atoms with van der Waals surface area (Å²) in [5.41, 5.74) is 1.06. The number of para-hydroxylation sites is 1. The van der Waals surface area contributed by atoms with Crippen molar-refractivity contribution in [2.75, 3.05) is 0 Å². The molecule has 18 heavy (non-hydrogen) atoms. The standard InChI is InChI=1S/C16H17ClO/c1-2-8-16(14-11-6-7-12-15(14)17)18-13-9-4-3-5-10-13/h3-7,9-12,16H,2,8H2,1H3. The molecule has 0 saturated carbocycles. The van der Waals surface area contributed by atoms with Gasteiger partial charge in [-0.15, -0.1) is 0 Å². The molecule has 0 heterocycles. The number of hydrogen-bond acceptors (Lipinski definition) is 1. The van der Waals surface area contributed by atoms with E-state index in [4.69, 9.17) is 16.3 Å². The normalized spacial score (nSPS) is 12.1. The number of rotatable bonds is 5. The van der Waals surface area contributed by atoms with E-state index in [0.29, 0.717) is 0 Å². The van der Waals surface area contributed by atoms with Gasteiger partial charge in [0.25, 0.3) is 0 Å². The average molecular weight is 261 g/mol. The molecule has 0 fully saturated rings. The van der Waals surface area contributed by atoms with Crippen LogP contribution in [0.5, 0.6) is 5.75 Å². The highest BCUT2D eigenvalue weighted by atomic mass is 35.5.